The molecule has 1 aromatic rings. The minimum absolute atomic E-state index is 0.522. The number of hydrogen-bond acceptors (Lipinski definition) is 1. The lowest BCUT2D eigenvalue weighted by atomic mass is 9.99. The lowest BCUT2D eigenvalue weighted by Crippen LogP contribution is -2.14. The molecule has 1 nitrogen and oxygen atoms in total. The van der Waals surface area contributed by atoms with Gasteiger partial charge in [0.25, 0.3) is 0 Å². The van der Waals surface area contributed by atoms with Crippen LogP contribution < -0.4 is 5.32 Å². The van der Waals surface area contributed by atoms with Gasteiger partial charge in [0.1, 0.15) is 0 Å². The van der Waals surface area contributed by atoms with E-state index in [1.165, 1.54) is 11.1 Å². The van der Waals surface area contributed by atoms with Crippen LogP contribution in [0.4, 0.5) is 0 Å². The van der Waals surface area contributed by atoms with Crippen molar-refractivity contribution in [1.82, 2.24) is 5.32 Å². The smallest absolute Gasteiger partial charge is 0.0760 e. The number of allylic oxidation sites excluding steroid dienone is 2. The summed E-state index contributed by atoms with van der Waals surface area (Å²) < 4.78 is 0. The summed E-state index contributed by atoms with van der Waals surface area (Å²) in [5.41, 5.74) is 4.42. The predicted octanol–water partition coefficient (Wildman–Crippen LogP) is 3.00. The van der Waals surface area contributed by atoms with E-state index >= 15 is 0 Å². The van der Waals surface area contributed by atoms with Gasteiger partial charge >= 0.3 is 0 Å². The first-order valence-electron chi connectivity index (χ1n) is 5.24. The van der Waals surface area contributed by atoms with Gasteiger partial charge in [-0.25, -0.2) is 0 Å². The fourth-order valence-electron chi connectivity index (χ4n) is 1.56. The average Bonchev–Trinajstić information content (AvgIpc) is 2.27. The fraction of sp³-hybridized carbons (Fsp3) is 0.200. The molecule has 1 N–H and O–H groups in total. The molecule has 0 saturated heterocycles. The van der Waals surface area contributed by atoms with Crippen molar-refractivity contribution in [2.45, 2.75) is 13.3 Å². The third kappa shape index (κ3) is 3.33. The van der Waals surface area contributed by atoms with Crippen LogP contribution in [-0.2, 0) is 6.42 Å². The molecule has 82 valence electrons. The Bertz CT molecular complexity index is 435. The van der Waals surface area contributed by atoms with Crippen LogP contribution in [0.25, 0.3) is 5.57 Å². The second-order valence-corrected chi connectivity index (χ2v) is 3.78. The molecule has 0 fully saturated rings. The van der Waals surface area contributed by atoms with Crippen LogP contribution in [0, 0.1) is 12.3 Å². The first kappa shape index (κ1) is 12.1. The second kappa shape index (κ2) is 5.82. The zero-order valence-electron chi connectivity index (χ0n) is 9.72. The van der Waals surface area contributed by atoms with Gasteiger partial charge in [-0.05, 0) is 18.1 Å². The maximum atomic E-state index is 5.18. The minimum atomic E-state index is 0.522. The SMILES string of the molecule is C#CCNC(=C)Cc1ccccc1C(=C)C. The maximum Gasteiger partial charge on any atom is 0.0760 e. The molecule has 0 aromatic heterocycles. The summed E-state index contributed by atoms with van der Waals surface area (Å²) in [7, 11) is 0. The molecule has 0 unspecified atom stereocenters. The minimum Gasteiger partial charge on any atom is -0.378 e. The molecule has 16 heavy (non-hydrogen) atoms. The zero-order valence-corrected chi connectivity index (χ0v) is 9.72. The number of benzene rings is 1. The molecule has 0 amide bonds. The summed E-state index contributed by atoms with van der Waals surface area (Å²) in [5, 5.41) is 3.09. The number of nitrogens with one attached hydrogen (secondary N) is 1. The molecule has 0 bridgehead atoms. The highest BCUT2D eigenvalue weighted by Gasteiger charge is 2.03. The summed E-state index contributed by atoms with van der Waals surface area (Å²) in [5.74, 6) is 2.53. The Labute approximate surface area is 97.9 Å². The second-order valence-electron chi connectivity index (χ2n) is 3.78. The quantitative estimate of drug-likeness (QED) is 0.738. The van der Waals surface area contributed by atoms with Crippen LogP contribution >= 0.6 is 0 Å². The summed E-state index contributed by atoms with van der Waals surface area (Å²) in [4.78, 5) is 0. The van der Waals surface area contributed by atoms with E-state index in [0.717, 1.165) is 17.7 Å². The third-order valence-corrected chi connectivity index (χ3v) is 2.32. The molecule has 1 rings (SSSR count). The van der Waals surface area contributed by atoms with Crippen molar-refractivity contribution in [2.24, 2.45) is 0 Å². The molecular weight excluding hydrogens is 194 g/mol. The van der Waals surface area contributed by atoms with Crippen LogP contribution in [0.2, 0.25) is 0 Å². The Morgan fingerprint density at radius 1 is 1.38 bits per heavy atom. The molecule has 0 aliphatic carbocycles. The first-order valence-corrected chi connectivity index (χ1v) is 5.24. The van der Waals surface area contributed by atoms with Crippen LogP contribution in [0.1, 0.15) is 18.1 Å². The summed E-state index contributed by atoms with van der Waals surface area (Å²) >= 11 is 0. The van der Waals surface area contributed by atoms with Gasteiger partial charge in [-0.1, -0.05) is 48.9 Å². The van der Waals surface area contributed by atoms with Crippen molar-refractivity contribution >= 4 is 5.57 Å². The molecule has 0 heterocycles. The highest BCUT2D eigenvalue weighted by Crippen LogP contribution is 2.18. The van der Waals surface area contributed by atoms with Gasteiger partial charge < -0.3 is 5.32 Å². The van der Waals surface area contributed by atoms with Gasteiger partial charge in [0.05, 0.1) is 6.54 Å². The van der Waals surface area contributed by atoms with Crippen LogP contribution in [-0.4, -0.2) is 6.54 Å². The molecule has 1 heteroatoms. The summed E-state index contributed by atoms with van der Waals surface area (Å²) in [6, 6.07) is 8.21. The lowest BCUT2D eigenvalue weighted by molar-refractivity contribution is 0.875. The van der Waals surface area contributed by atoms with E-state index in [9.17, 15) is 0 Å². The molecule has 0 atom stereocenters. The molecule has 0 aliphatic heterocycles. The number of rotatable bonds is 5. The third-order valence-electron chi connectivity index (χ3n) is 2.32. The summed E-state index contributed by atoms with van der Waals surface area (Å²) in [6.07, 6.45) is 5.96. The highest BCUT2D eigenvalue weighted by molar-refractivity contribution is 5.64. The normalized spacial score (nSPS) is 9.25. The fourth-order valence-corrected chi connectivity index (χ4v) is 1.56. The molecule has 0 radical (unpaired) electrons. The first-order chi connectivity index (χ1) is 7.65. The van der Waals surface area contributed by atoms with Gasteiger partial charge in [-0.15, -0.1) is 6.42 Å². The topological polar surface area (TPSA) is 12.0 Å². The van der Waals surface area contributed by atoms with Crippen molar-refractivity contribution < 1.29 is 0 Å². The molecule has 0 saturated carbocycles. The van der Waals surface area contributed by atoms with E-state index in [2.05, 4.69) is 36.5 Å². The van der Waals surface area contributed by atoms with Crippen molar-refractivity contribution in [1.29, 1.82) is 0 Å². The highest BCUT2D eigenvalue weighted by atomic mass is 14.9. The van der Waals surface area contributed by atoms with Gasteiger partial charge in [0, 0.05) is 12.1 Å². The van der Waals surface area contributed by atoms with Gasteiger partial charge in [0.2, 0.25) is 0 Å². The van der Waals surface area contributed by atoms with E-state index in [-0.39, 0.29) is 0 Å². The molecule has 1 aromatic carbocycles. The summed E-state index contributed by atoms with van der Waals surface area (Å²) in [6.45, 7) is 10.5. The Balaban J connectivity index is 2.77. The molecule has 0 aliphatic rings. The monoisotopic (exact) mass is 211 g/mol. The van der Waals surface area contributed by atoms with Crippen LogP contribution in [0.5, 0.6) is 0 Å². The van der Waals surface area contributed by atoms with E-state index in [1.54, 1.807) is 0 Å². The van der Waals surface area contributed by atoms with Crippen molar-refractivity contribution in [2.75, 3.05) is 6.54 Å². The van der Waals surface area contributed by atoms with Crippen molar-refractivity contribution in [3.05, 3.63) is 54.2 Å². The number of terminal acetylenes is 1. The van der Waals surface area contributed by atoms with Gasteiger partial charge in [0.15, 0.2) is 0 Å². The van der Waals surface area contributed by atoms with E-state index in [0.29, 0.717) is 6.54 Å². The van der Waals surface area contributed by atoms with Gasteiger partial charge in [-0.2, -0.15) is 0 Å². The van der Waals surface area contributed by atoms with Crippen LogP contribution in [0.15, 0.2) is 43.1 Å². The molecule has 0 spiro atoms. The Hall–Kier alpha value is -1.94. The molecular formula is C15H17N. The average molecular weight is 211 g/mol. The Kier molecular flexibility index (Phi) is 4.42. The van der Waals surface area contributed by atoms with Crippen molar-refractivity contribution in [3.63, 3.8) is 0 Å². The van der Waals surface area contributed by atoms with Crippen LogP contribution in [0.3, 0.4) is 0 Å². The standard InChI is InChI=1S/C15H17N/c1-5-10-16-13(4)11-14-8-6-7-9-15(14)12(2)3/h1,6-9,16H,2,4,10-11H2,3H3. The largest absolute Gasteiger partial charge is 0.378 e. The van der Waals surface area contributed by atoms with Gasteiger partial charge in [-0.3, -0.25) is 0 Å². The van der Waals surface area contributed by atoms with Crippen molar-refractivity contribution in [3.8, 4) is 12.3 Å². The van der Waals surface area contributed by atoms with E-state index in [4.69, 9.17) is 6.42 Å². The van der Waals surface area contributed by atoms with E-state index < -0.39 is 0 Å². The Morgan fingerprint density at radius 2 is 2.06 bits per heavy atom. The number of hydrogen-bond donors (Lipinski definition) is 1. The predicted molar refractivity (Wildman–Crippen MR) is 70.8 cm³/mol. The lowest BCUT2D eigenvalue weighted by Gasteiger charge is -2.11. The van der Waals surface area contributed by atoms with E-state index in [1.807, 2.05) is 19.1 Å². The zero-order chi connectivity index (χ0) is 12.0. The Morgan fingerprint density at radius 3 is 2.69 bits per heavy atom. The maximum absolute atomic E-state index is 5.18.